The van der Waals surface area contributed by atoms with Gasteiger partial charge in [-0.15, -0.1) is 0 Å². The molecule has 1 heterocycles. The van der Waals surface area contributed by atoms with E-state index in [4.69, 9.17) is 10.5 Å². The predicted octanol–water partition coefficient (Wildman–Crippen LogP) is 0.997. The molecule has 1 aliphatic rings. The summed E-state index contributed by atoms with van der Waals surface area (Å²) in [4.78, 5) is 13.7. The fourth-order valence-corrected chi connectivity index (χ4v) is 2.04. The molecule has 2 atom stereocenters. The molecule has 2 unspecified atom stereocenters. The van der Waals surface area contributed by atoms with Gasteiger partial charge in [0.15, 0.2) is 0 Å². The number of likely N-dealkylation sites (tertiary alicyclic amines) is 1. The van der Waals surface area contributed by atoms with Crippen molar-refractivity contribution in [2.75, 3.05) is 19.7 Å². The molecule has 1 saturated heterocycles. The summed E-state index contributed by atoms with van der Waals surface area (Å²) in [6.07, 6.45) is 2.06. The molecule has 94 valence electrons. The van der Waals surface area contributed by atoms with Gasteiger partial charge in [-0.3, -0.25) is 4.79 Å². The van der Waals surface area contributed by atoms with Crippen molar-refractivity contribution in [3.05, 3.63) is 0 Å². The third kappa shape index (κ3) is 3.76. The Morgan fingerprint density at radius 3 is 2.81 bits per heavy atom. The van der Waals surface area contributed by atoms with Gasteiger partial charge in [-0.1, -0.05) is 13.3 Å². The van der Waals surface area contributed by atoms with E-state index in [2.05, 4.69) is 6.92 Å². The molecule has 0 bridgehead atoms. The maximum Gasteiger partial charge on any atom is 0.248 e. The number of hydrogen-bond acceptors (Lipinski definition) is 3. The normalized spacial score (nSPS) is 26.2. The van der Waals surface area contributed by atoms with Crippen LogP contribution in [0, 0.1) is 5.92 Å². The first-order valence-electron chi connectivity index (χ1n) is 6.19. The van der Waals surface area contributed by atoms with Crippen molar-refractivity contribution in [2.24, 2.45) is 11.7 Å². The van der Waals surface area contributed by atoms with Crippen LogP contribution in [0.15, 0.2) is 0 Å². The zero-order chi connectivity index (χ0) is 12.1. The van der Waals surface area contributed by atoms with Crippen LogP contribution in [-0.4, -0.2) is 42.6 Å². The van der Waals surface area contributed by atoms with Gasteiger partial charge in [0, 0.05) is 19.1 Å². The molecule has 0 aromatic heterocycles. The SMILES string of the molecule is CCC1CN(C(=O)COC(C)C)CCC1N. The number of hydrogen-bond donors (Lipinski definition) is 1. The molecule has 1 aliphatic heterocycles. The topological polar surface area (TPSA) is 55.6 Å². The van der Waals surface area contributed by atoms with Crippen LogP contribution in [0.25, 0.3) is 0 Å². The predicted molar refractivity (Wildman–Crippen MR) is 64.0 cm³/mol. The molecule has 1 rings (SSSR count). The van der Waals surface area contributed by atoms with Crippen molar-refractivity contribution in [1.29, 1.82) is 0 Å². The van der Waals surface area contributed by atoms with Crippen LogP contribution < -0.4 is 5.73 Å². The Bertz CT molecular complexity index is 231. The standard InChI is InChI=1S/C12H24N2O2/c1-4-10-7-14(6-5-11(10)13)12(15)8-16-9(2)3/h9-11H,4-8,13H2,1-3H3. The molecule has 16 heavy (non-hydrogen) atoms. The molecule has 1 fully saturated rings. The van der Waals surface area contributed by atoms with Crippen molar-refractivity contribution in [2.45, 2.75) is 45.8 Å². The highest BCUT2D eigenvalue weighted by Gasteiger charge is 2.27. The fraction of sp³-hybridized carbons (Fsp3) is 0.917. The summed E-state index contributed by atoms with van der Waals surface area (Å²) < 4.78 is 5.33. The van der Waals surface area contributed by atoms with Crippen molar-refractivity contribution < 1.29 is 9.53 Å². The highest BCUT2D eigenvalue weighted by atomic mass is 16.5. The lowest BCUT2D eigenvalue weighted by Crippen LogP contribution is -2.50. The quantitative estimate of drug-likeness (QED) is 0.781. The zero-order valence-corrected chi connectivity index (χ0v) is 10.6. The number of carbonyl (C=O) groups is 1. The number of piperidine rings is 1. The molecule has 0 spiro atoms. The zero-order valence-electron chi connectivity index (χ0n) is 10.6. The van der Waals surface area contributed by atoms with Crippen LogP contribution in [-0.2, 0) is 9.53 Å². The Balaban J connectivity index is 2.39. The lowest BCUT2D eigenvalue weighted by Gasteiger charge is -2.36. The summed E-state index contributed by atoms with van der Waals surface area (Å²) in [5, 5.41) is 0. The van der Waals surface area contributed by atoms with Gasteiger partial charge in [0.05, 0.1) is 6.10 Å². The minimum atomic E-state index is 0.0963. The summed E-state index contributed by atoms with van der Waals surface area (Å²) in [6.45, 7) is 7.77. The minimum absolute atomic E-state index is 0.0963. The fourth-order valence-electron chi connectivity index (χ4n) is 2.04. The van der Waals surface area contributed by atoms with Gasteiger partial charge in [-0.2, -0.15) is 0 Å². The minimum Gasteiger partial charge on any atom is -0.369 e. The second-order valence-electron chi connectivity index (χ2n) is 4.82. The molecule has 0 aromatic carbocycles. The highest BCUT2D eigenvalue weighted by Crippen LogP contribution is 2.18. The molecule has 0 radical (unpaired) electrons. The maximum atomic E-state index is 11.8. The number of nitrogens with zero attached hydrogens (tertiary/aromatic N) is 1. The molecule has 4 nitrogen and oxygen atoms in total. The summed E-state index contributed by atoms with van der Waals surface area (Å²) in [5.41, 5.74) is 6.00. The van der Waals surface area contributed by atoms with E-state index in [9.17, 15) is 4.79 Å². The first-order chi connectivity index (χ1) is 7.54. The molecule has 4 heteroatoms. The van der Waals surface area contributed by atoms with Crippen LogP contribution in [0.2, 0.25) is 0 Å². The van der Waals surface area contributed by atoms with Gasteiger partial charge in [0.1, 0.15) is 6.61 Å². The van der Waals surface area contributed by atoms with Crippen LogP contribution in [0.1, 0.15) is 33.6 Å². The number of rotatable bonds is 4. The maximum absolute atomic E-state index is 11.8. The molecule has 0 saturated carbocycles. The highest BCUT2D eigenvalue weighted by molar-refractivity contribution is 5.77. The molecular weight excluding hydrogens is 204 g/mol. The van der Waals surface area contributed by atoms with Gasteiger partial charge in [0.2, 0.25) is 5.91 Å². The third-order valence-corrected chi connectivity index (χ3v) is 3.21. The molecule has 0 aliphatic carbocycles. The van der Waals surface area contributed by atoms with E-state index >= 15 is 0 Å². The van der Waals surface area contributed by atoms with Crippen LogP contribution >= 0.6 is 0 Å². The largest absolute Gasteiger partial charge is 0.369 e. The average molecular weight is 228 g/mol. The Kier molecular flexibility index (Phi) is 5.22. The van der Waals surface area contributed by atoms with Crippen LogP contribution in [0.4, 0.5) is 0 Å². The number of nitrogens with two attached hydrogens (primary N) is 1. The van der Waals surface area contributed by atoms with E-state index in [0.29, 0.717) is 5.92 Å². The van der Waals surface area contributed by atoms with E-state index < -0.39 is 0 Å². The van der Waals surface area contributed by atoms with Gasteiger partial charge in [-0.25, -0.2) is 0 Å². The first-order valence-corrected chi connectivity index (χ1v) is 6.19. The number of carbonyl (C=O) groups excluding carboxylic acids is 1. The van der Waals surface area contributed by atoms with E-state index in [-0.39, 0.29) is 24.7 Å². The Hall–Kier alpha value is -0.610. The summed E-state index contributed by atoms with van der Waals surface area (Å²) in [6, 6.07) is 0.250. The van der Waals surface area contributed by atoms with Crippen LogP contribution in [0.5, 0.6) is 0 Å². The number of amides is 1. The summed E-state index contributed by atoms with van der Waals surface area (Å²) >= 11 is 0. The molecular formula is C12H24N2O2. The third-order valence-electron chi connectivity index (χ3n) is 3.21. The monoisotopic (exact) mass is 228 g/mol. The number of ether oxygens (including phenoxy) is 1. The summed E-state index contributed by atoms with van der Waals surface area (Å²) in [7, 11) is 0. The van der Waals surface area contributed by atoms with E-state index in [1.807, 2.05) is 18.7 Å². The van der Waals surface area contributed by atoms with Crippen molar-refractivity contribution in [3.63, 3.8) is 0 Å². The lowest BCUT2D eigenvalue weighted by molar-refractivity contribution is -0.139. The molecule has 1 amide bonds. The van der Waals surface area contributed by atoms with Crippen molar-refractivity contribution in [3.8, 4) is 0 Å². The van der Waals surface area contributed by atoms with Gasteiger partial charge < -0.3 is 15.4 Å². The molecule has 0 aromatic rings. The van der Waals surface area contributed by atoms with Crippen LogP contribution in [0.3, 0.4) is 0 Å². The average Bonchev–Trinajstić information content (AvgIpc) is 2.26. The smallest absolute Gasteiger partial charge is 0.248 e. The van der Waals surface area contributed by atoms with E-state index in [1.54, 1.807) is 0 Å². The summed E-state index contributed by atoms with van der Waals surface area (Å²) in [5.74, 6) is 0.538. The van der Waals surface area contributed by atoms with Crippen molar-refractivity contribution in [1.82, 2.24) is 4.90 Å². The lowest BCUT2D eigenvalue weighted by atomic mass is 9.91. The van der Waals surface area contributed by atoms with Gasteiger partial charge in [-0.05, 0) is 26.2 Å². The second-order valence-corrected chi connectivity index (χ2v) is 4.82. The van der Waals surface area contributed by atoms with Gasteiger partial charge in [0.25, 0.3) is 0 Å². The van der Waals surface area contributed by atoms with Crippen molar-refractivity contribution >= 4 is 5.91 Å². The molecule has 2 N–H and O–H groups in total. The Morgan fingerprint density at radius 1 is 1.56 bits per heavy atom. The second kappa shape index (κ2) is 6.21. The Labute approximate surface area is 98.1 Å². The first kappa shape index (κ1) is 13.5. The van der Waals surface area contributed by atoms with E-state index in [0.717, 1.165) is 25.9 Å². The van der Waals surface area contributed by atoms with Gasteiger partial charge >= 0.3 is 0 Å². The Morgan fingerprint density at radius 2 is 2.25 bits per heavy atom. The van der Waals surface area contributed by atoms with E-state index in [1.165, 1.54) is 0 Å².